The highest BCUT2D eigenvalue weighted by atomic mass is 32.1. The number of thiophene rings is 1. The van der Waals surface area contributed by atoms with E-state index >= 15 is 0 Å². The fourth-order valence-electron chi connectivity index (χ4n) is 0.374. The Hall–Kier alpha value is -0.240. The van der Waals surface area contributed by atoms with Crippen LogP contribution in [0.1, 0.15) is 0 Å². The van der Waals surface area contributed by atoms with Gasteiger partial charge in [-0.15, -0.1) is 0 Å². The summed E-state index contributed by atoms with van der Waals surface area (Å²) in [5.74, 6) is 0. The third kappa shape index (κ3) is 1.13. The first-order valence-electron chi connectivity index (χ1n) is 1.98. The van der Waals surface area contributed by atoms with Crippen LogP contribution in [0.2, 0.25) is 0 Å². The standard InChI is InChI=1S/C4H3O2PS/c5-7(6)4-2-1-3-8-4/h1-3H. The van der Waals surface area contributed by atoms with Gasteiger partial charge in [-0.3, -0.25) is 0 Å². The summed E-state index contributed by atoms with van der Waals surface area (Å²) in [7, 11) is -2.34. The molecule has 0 aliphatic carbocycles. The molecule has 2 nitrogen and oxygen atoms in total. The molecule has 0 saturated heterocycles. The van der Waals surface area contributed by atoms with Crippen LogP contribution >= 0.6 is 19.4 Å². The summed E-state index contributed by atoms with van der Waals surface area (Å²) in [5.41, 5.74) is 0. The summed E-state index contributed by atoms with van der Waals surface area (Å²) < 4.78 is 10.5. The average Bonchev–Trinajstić information content (AvgIpc) is 2.12. The number of hydrogen-bond donors (Lipinski definition) is 0. The van der Waals surface area contributed by atoms with Crippen LogP contribution in [0.4, 0.5) is 0 Å². The maximum absolute atomic E-state index is 10.1. The predicted molar refractivity (Wildman–Crippen MR) is 31.6 cm³/mol. The Balaban J connectivity index is 2.93. The van der Waals surface area contributed by atoms with E-state index in [0.29, 0.717) is 4.62 Å². The van der Waals surface area contributed by atoms with Crippen LogP contribution in [0, 0.1) is 0 Å². The highest BCUT2D eigenvalue weighted by Gasteiger charge is 2.04. The van der Waals surface area contributed by atoms with E-state index in [1.807, 2.05) is 0 Å². The molecule has 1 aromatic heterocycles. The van der Waals surface area contributed by atoms with E-state index in [1.165, 1.54) is 11.3 Å². The first-order valence-corrected chi connectivity index (χ1v) is 4.04. The van der Waals surface area contributed by atoms with Gasteiger partial charge in [0.05, 0.1) is 0 Å². The molecule has 0 saturated carbocycles. The first-order chi connectivity index (χ1) is 3.80. The quantitative estimate of drug-likeness (QED) is 0.540. The fourth-order valence-corrected chi connectivity index (χ4v) is 1.56. The van der Waals surface area contributed by atoms with Crippen molar-refractivity contribution >= 4 is 24.0 Å². The van der Waals surface area contributed by atoms with Crippen molar-refractivity contribution in [1.82, 2.24) is 0 Å². The number of rotatable bonds is 1. The fraction of sp³-hybridized carbons (Fsp3) is 0. The molecule has 0 spiro atoms. The van der Waals surface area contributed by atoms with Crippen molar-refractivity contribution in [3.05, 3.63) is 17.5 Å². The van der Waals surface area contributed by atoms with Crippen molar-refractivity contribution in [2.24, 2.45) is 0 Å². The average molecular weight is 146 g/mol. The lowest BCUT2D eigenvalue weighted by Crippen LogP contribution is -1.97. The molecule has 0 aliphatic rings. The summed E-state index contributed by atoms with van der Waals surface area (Å²) in [4.78, 5) is 10.1. The van der Waals surface area contributed by atoms with Gasteiger partial charge in [-0.25, -0.2) is 0 Å². The van der Waals surface area contributed by atoms with Gasteiger partial charge in [0.15, 0.2) is 0 Å². The number of hydrogen-bond acceptors (Lipinski definition) is 3. The second kappa shape index (κ2) is 2.35. The normalized spacial score (nSPS) is 11.4. The van der Waals surface area contributed by atoms with Gasteiger partial charge in [-0.1, -0.05) is 15.9 Å². The molecule has 0 N–H and O–H groups in total. The van der Waals surface area contributed by atoms with Crippen LogP contribution in [0.15, 0.2) is 17.5 Å². The van der Waals surface area contributed by atoms with Crippen LogP contribution < -0.4 is 9.51 Å². The van der Waals surface area contributed by atoms with Gasteiger partial charge >= 0.3 is 8.03 Å². The minimum atomic E-state index is -2.34. The van der Waals surface area contributed by atoms with Gasteiger partial charge in [0.2, 0.25) is 4.62 Å². The molecule has 1 aromatic rings. The maximum atomic E-state index is 10.1. The Morgan fingerprint density at radius 3 is 2.75 bits per heavy atom. The van der Waals surface area contributed by atoms with Crippen molar-refractivity contribution in [2.75, 3.05) is 0 Å². The lowest BCUT2D eigenvalue weighted by Gasteiger charge is -1.75. The lowest BCUT2D eigenvalue weighted by molar-refractivity contribution is -0.160. The van der Waals surface area contributed by atoms with Crippen LogP contribution in [0.3, 0.4) is 0 Å². The zero-order valence-corrected chi connectivity index (χ0v) is 5.61. The molecule has 1 atom stereocenters. The SMILES string of the molecule is O=[P+]([O-])c1cccs1. The Morgan fingerprint density at radius 1 is 1.75 bits per heavy atom. The summed E-state index contributed by atoms with van der Waals surface area (Å²) in [6.07, 6.45) is 0. The molecule has 0 bridgehead atoms. The van der Waals surface area contributed by atoms with Crippen molar-refractivity contribution in [3.8, 4) is 0 Å². The largest absolute Gasteiger partial charge is 0.590 e. The van der Waals surface area contributed by atoms with Gasteiger partial charge in [0.25, 0.3) is 0 Å². The van der Waals surface area contributed by atoms with E-state index in [1.54, 1.807) is 17.5 Å². The third-order valence-electron chi connectivity index (χ3n) is 0.686. The Kier molecular flexibility index (Phi) is 1.73. The van der Waals surface area contributed by atoms with E-state index in [2.05, 4.69) is 0 Å². The molecule has 0 aliphatic heterocycles. The molecule has 42 valence electrons. The third-order valence-corrected chi connectivity index (χ3v) is 2.63. The topological polar surface area (TPSA) is 40.1 Å². The molecular formula is C4H3O2PS. The van der Waals surface area contributed by atoms with Crippen molar-refractivity contribution < 1.29 is 9.46 Å². The second-order valence-corrected chi connectivity index (χ2v) is 3.45. The minimum absolute atomic E-state index is 0.431. The van der Waals surface area contributed by atoms with Crippen LogP contribution in [0.25, 0.3) is 0 Å². The Morgan fingerprint density at radius 2 is 2.50 bits per heavy atom. The Bertz CT molecular complexity index is 182. The molecule has 4 heteroatoms. The zero-order valence-electron chi connectivity index (χ0n) is 3.90. The molecular weight excluding hydrogens is 143 g/mol. The van der Waals surface area contributed by atoms with Crippen molar-refractivity contribution in [2.45, 2.75) is 0 Å². The van der Waals surface area contributed by atoms with Gasteiger partial charge in [-0.05, 0) is 11.4 Å². The van der Waals surface area contributed by atoms with Crippen molar-refractivity contribution in [1.29, 1.82) is 0 Å². The maximum Gasteiger partial charge on any atom is 0.359 e. The lowest BCUT2D eigenvalue weighted by atomic mass is 10.7. The van der Waals surface area contributed by atoms with E-state index in [9.17, 15) is 9.46 Å². The van der Waals surface area contributed by atoms with Crippen LogP contribution in [-0.4, -0.2) is 0 Å². The molecule has 0 fully saturated rings. The highest BCUT2D eigenvalue weighted by Crippen LogP contribution is 2.10. The Labute approximate surface area is 51.7 Å². The van der Waals surface area contributed by atoms with E-state index in [-0.39, 0.29) is 0 Å². The van der Waals surface area contributed by atoms with Crippen molar-refractivity contribution in [3.63, 3.8) is 0 Å². The van der Waals surface area contributed by atoms with Gasteiger partial charge in [0, 0.05) is 6.07 Å². The van der Waals surface area contributed by atoms with Gasteiger partial charge in [0.1, 0.15) is 0 Å². The first kappa shape index (κ1) is 5.89. The van der Waals surface area contributed by atoms with E-state index in [4.69, 9.17) is 0 Å². The van der Waals surface area contributed by atoms with Crippen LogP contribution in [-0.2, 0) is 4.57 Å². The van der Waals surface area contributed by atoms with Gasteiger partial charge in [-0.2, -0.15) is 0 Å². The summed E-state index contributed by atoms with van der Waals surface area (Å²) >= 11 is 1.23. The minimum Gasteiger partial charge on any atom is -0.590 e. The highest BCUT2D eigenvalue weighted by molar-refractivity contribution is 7.55. The molecule has 1 rings (SSSR count). The molecule has 0 aromatic carbocycles. The zero-order chi connectivity index (χ0) is 5.98. The smallest absolute Gasteiger partial charge is 0.359 e. The summed E-state index contributed by atoms with van der Waals surface area (Å²) in [6.45, 7) is 0. The van der Waals surface area contributed by atoms with Crippen LogP contribution in [0.5, 0.6) is 0 Å². The summed E-state index contributed by atoms with van der Waals surface area (Å²) in [5, 5.41) is 1.74. The monoisotopic (exact) mass is 146 g/mol. The molecule has 0 radical (unpaired) electrons. The van der Waals surface area contributed by atoms with Gasteiger partial charge < -0.3 is 4.89 Å². The predicted octanol–water partition coefficient (Wildman–Crippen LogP) is 0.476. The van der Waals surface area contributed by atoms with E-state index < -0.39 is 8.03 Å². The molecule has 1 heterocycles. The second-order valence-electron chi connectivity index (χ2n) is 1.21. The van der Waals surface area contributed by atoms with E-state index in [0.717, 1.165) is 0 Å². The molecule has 0 amide bonds. The summed E-state index contributed by atoms with van der Waals surface area (Å²) in [6, 6.07) is 3.29. The molecule has 1 unspecified atom stereocenters. The molecule has 8 heavy (non-hydrogen) atoms.